The van der Waals surface area contributed by atoms with Gasteiger partial charge in [-0.2, -0.15) is 13.2 Å². The fraction of sp³-hybridized carbons (Fsp3) is 0.529. The van der Waals surface area contributed by atoms with Crippen molar-refractivity contribution >= 4 is 17.5 Å². The van der Waals surface area contributed by atoms with Crippen LogP contribution < -0.4 is 5.32 Å². The van der Waals surface area contributed by atoms with Crippen molar-refractivity contribution in [3.8, 4) is 0 Å². The van der Waals surface area contributed by atoms with Gasteiger partial charge in [0.05, 0.1) is 5.56 Å². The third-order valence-electron chi connectivity index (χ3n) is 4.22. The predicted molar refractivity (Wildman–Crippen MR) is 84.3 cm³/mol. The Kier molecular flexibility index (Phi) is 5.85. The second kappa shape index (κ2) is 7.68. The van der Waals surface area contributed by atoms with Crippen LogP contribution in [0.15, 0.2) is 24.3 Å². The van der Waals surface area contributed by atoms with Crippen molar-refractivity contribution in [2.75, 3.05) is 11.9 Å². The number of nitrogens with one attached hydrogen (secondary N) is 1. The number of halogens is 3. The highest BCUT2D eigenvalue weighted by Crippen LogP contribution is 2.30. The summed E-state index contributed by atoms with van der Waals surface area (Å²) in [7, 11) is 0. The Morgan fingerprint density at radius 2 is 1.92 bits per heavy atom. The molecule has 2 rings (SSSR count). The molecule has 24 heavy (non-hydrogen) atoms. The maximum absolute atomic E-state index is 12.7. The van der Waals surface area contributed by atoms with Gasteiger partial charge in [0.15, 0.2) is 0 Å². The van der Waals surface area contributed by atoms with Crippen molar-refractivity contribution in [2.24, 2.45) is 0 Å². The third kappa shape index (κ3) is 4.97. The molecule has 1 N–H and O–H groups in total. The van der Waals surface area contributed by atoms with Crippen molar-refractivity contribution < 1.29 is 22.8 Å². The lowest BCUT2D eigenvalue weighted by molar-refractivity contribution is -0.137. The van der Waals surface area contributed by atoms with E-state index in [1.54, 1.807) is 4.90 Å². The molecule has 1 aliphatic rings. The fourth-order valence-corrected chi connectivity index (χ4v) is 3.03. The summed E-state index contributed by atoms with van der Waals surface area (Å²) in [5.41, 5.74) is -0.707. The van der Waals surface area contributed by atoms with Gasteiger partial charge in [-0.3, -0.25) is 9.59 Å². The number of alkyl halides is 3. The van der Waals surface area contributed by atoms with E-state index in [4.69, 9.17) is 0 Å². The first-order chi connectivity index (χ1) is 11.3. The lowest BCUT2D eigenvalue weighted by atomic mass is 10.2. The minimum atomic E-state index is -4.45. The standard InChI is InChI=1S/C17H21F3N2O2/c1-12(23)22(15-7-2-3-8-15)10-9-16(24)21-14-6-4-5-13(11-14)17(18,19)20/h4-6,11,15H,2-3,7-10H2,1H3,(H,21,24). The van der Waals surface area contributed by atoms with Crippen LogP contribution in [0.5, 0.6) is 0 Å². The summed E-state index contributed by atoms with van der Waals surface area (Å²) in [4.78, 5) is 25.4. The van der Waals surface area contributed by atoms with Gasteiger partial charge in [-0.25, -0.2) is 0 Å². The van der Waals surface area contributed by atoms with Crippen LogP contribution >= 0.6 is 0 Å². The highest BCUT2D eigenvalue weighted by Gasteiger charge is 2.30. The van der Waals surface area contributed by atoms with Gasteiger partial charge < -0.3 is 10.2 Å². The van der Waals surface area contributed by atoms with Crippen LogP contribution in [0.4, 0.5) is 18.9 Å². The minimum absolute atomic E-state index is 0.0618. The molecule has 4 nitrogen and oxygen atoms in total. The van der Waals surface area contributed by atoms with E-state index >= 15 is 0 Å². The van der Waals surface area contributed by atoms with E-state index < -0.39 is 17.6 Å². The Bertz CT molecular complexity index is 596. The largest absolute Gasteiger partial charge is 0.416 e. The van der Waals surface area contributed by atoms with Gasteiger partial charge in [-0.15, -0.1) is 0 Å². The lowest BCUT2D eigenvalue weighted by Gasteiger charge is -2.27. The summed E-state index contributed by atoms with van der Waals surface area (Å²) in [5.74, 6) is -0.479. The highest BCUT2D eigenvalue weighted by atomic mass is 19.4. The maximum Gasteiger partial charge on any atom is 0.416 e. The molecule has 1 saturated carbocycles. The summed E-state index contributed by atoms with van der Waals surface area (Å²) < 4.78 is 38.0. The molecule has 132 valence electrons. The van der Waals surface area contributed by atoms with Gasteiger partial charge in [0, 0.05) is 31.6 Å². The molecule has 1 fully saturated rings. The molecule has 0 radical (unpaired) electrons. The number of anilines is 1. The topological polar surface area (TPSA) is 49.4 Å². The number of rotatable bonds is 5. The quantitative estimate of drug-likeness (QED) is 0.884. The Balaban J connectivity index is 1.92. The van der Waals surface area contributed by atoms with E-state index in [9.17, 15) is 22.8 Å². The molecule has 0 bridgehead atoms. The number of benzene rings is 1. The molecule has 2 amide bonds. The number of amides is 2. The zero-order valence-electron chi connectivity index (χ0n) is 13.5. The SMILES string of the molecule is CC(=O)N(CCC(=O)Nc1cccc(C(F)(F)F)c1)C1CCCC1. The second-order valence-corrected chi connectivity index (χ2v) is 6.03. The smallest absolute Gasteiger partial charge is 0.339 e. The van der Waals surface area contributed by atoms with Gasteiger partial charge >= 0.3 is 6.18 Å². The fourth-order valence-electron chi connectivity index (χ4n) is 3.03. The summed E-state index contributed by atoms with van der Waals surface area (Å²) in [6, 6.07) is 4.68. The van der Waals surface area contributed by atoms with Crippen molar-refractivity contribution in [2.45, 2.75) is 51.2 Å². The molecule has 0 heterocycles. The monoisotopic (exact) mass is 342 g/mol. The lowest BCUT2D eigenvalue weighted by Crippen LogP contribution is -2.39. The molecule has 0 unspecified atom stereocenters. The van der Waals surface area contributed by atoms with E-state index in [1.807, 2.05) is 0 Å². The number of carbonyl (C=O) groups is 2. The first-order valence-corrected chi connectivity index (χ1v) is 8.01. The van der Waals surface area contributed by atoms with Crippen molar-refractivity contribution in [1.82, 2.24) is 4.90 Å². The maximum atomic E-state index is 12.7. The number of hydrogen-bond donors (Lipinski definition) is 1. The minimum Gasteiger partial charge on any atom is -0.339 e. The Hall–Kier alpha value is -2.05. The molecule has 0 aromatic heterocycles. The van der Waals surface area contributed by atoms with Gasteiger partial charge in [-0.1, -0.05) is 18.9 Å². The van der Waals surface area contributed by atoms with Gasteiger partial charge in [0.2, 0.25) is 11.8 Å². The molecular formula is C17H21F3N2O2. The molecule has 0 aliphatic heterocycles. The van der Waals surface area contributed by atoms with E-state index in [2.05, 4.69) is 5.32 Å². The molecule has 1 aromatic rings. The normalized spacial score (nSPS) is 15.3. The molecular weight excluding hydrogens is 321 g/mol. The molecule has 1 aliphatic carbocycles. The van der Waals surface area contributed by atoms with Crippen LogP contribution in [0.2, 0.25) is 0 Å². The molecule has 0 spiro atoms. The summed E-state index contributed by atoms with van der Waals surface area (Å²) in [5, 5.41) is 2.46. The van der Waals surface area contributed by atoms with Crippen LogP contribution in [-0.4, -0.2) is 29.3 Å². The van der Waals surface area contributed by atoms with Crippen LogP contribution in [0.1, 0.15) is 44.6 Å². The van der Waals surface area contributed by atoms with E-state index in [0.717, 1.165) is 37.8 Å². The number of carbonyl (C=O) groups excluding carboxylic acids is 2. The third-order valence-corrected chi connectivity index (χ3v) is 4.22. The summed E-state index contributed by atoms with van der Waals surface area (Å²) >= 11 is 0. The predicted octanol–water partition coefficient (Wildman–Crippen LogP) is 3.83. The first-order valence-electron chi connectivity index (χ1n) is 8.01. The van der Waals surface area contributed by atoms with E-state index in [0.29, 0.717) is 0 Å². The van der Waals surface area contributed by atoms with Crippen molar-refractivity contribution in [1.29, 1.82) is 0 Å². The Morgan fingerprint density at radius 1 is 1.25 bits per heavy atom. The molecule has 7 heteroatoms. The van der Waals surface area contributed by atoms with Crippen LogP contribution in [-0.2, 0) is 15.8 Å². The first kappa shape index (κ1) is 18.3. The van der Waals surface area contributed by atoms with Gasteiger partial charge in [0.1, 0.15) is 0 Å². The average Bonchev–Trinajstić information content (AvgIpc) is 3.00. The van der Waals surface area contributed by atoms with Gasteiger partial charge in [-0.05, 0) is 31.0 Å². The highest BCUT2D eigenvalue weighted by molar-refractivity contribution is 5.91. The Morgan fingerprint density at radius 3 is 2.50 bits per heavy atom. The van der Waals surface area contributed by atoms with E-state index in [-0.39, 0.29) is 30.6 Å². The summed E-state index contributed by atoms with van der Waals surface area (Å²) in [6.45, 7) is 1.76. The molecule has 0 atom stereocenters. The molecule has 1 aromatic carbocycles. The molecule has 0 saturated heterocycles. The van der Waals surface area contributed by atoms with Crippen molar-refractivity contribution in [3.05, 3.63) is 29.8 Å². The van der Waals surface area contributed by atoms with Crippen LogP contribution in [0.3, 0.4) is 0 Å². The van der Waals surface area contributed by atoms with Gasteiger partial charge in [0.25, 0.3) is 0 Å². The second-order valence-electron chi connectivity index (χ2n) is 6.03. The van der Waals surface area contributed by atoms with E-state index in [1.165, 1.54) is 19.1 Å². The zero-order valence-corrected chi connectivity index (χ0v) is 13.5. The summed E-state index contributed by atoms with van der Waals surface area (Å²) in [6.07, 6.45) is -0.361. The average molecular weight is 342 g/mol. The van der Waals surface area contributed by atoms with Crippen LogP contribution in [0.25, 0.3) is 0 Å². The Labute approximate surface area is 139 Å². The number of nitrogens with zero attached hydrogens (tertiary/aromatic N) is 1. The van der Waals surface area contributed by atoms with Crippen molar-refractivity contribution in [3.63, 3.8) is 0 Å². The zero-order chi connectivity index (χ0) is 17.7. The number of hydrogen-bond acceptors (Lipinski definition) is 2. The van der Waals surface area contributed by atoms with Crippen LogP contribution in [0, 0.1) is 0 Å².